The molecule has 128 valence electrons. The van der Waals surface area contributed by atoms with Gasteiger partial charge in [0.1, 0.15) is 6.04 Å². The van der Waals surface area contributed by atoms with Crippen LogP contribution >= 0.6 is 0 Å². The van der Waals surface area contributed by atoms with Crippen molar-refractivity contribution in [3.05, 3.63) is 42.0 Å². The molecule has 0 aliphatic carbocycles. The first kappa shape index (κ1) is 16.7. The minimum atomic E-state index is -0.329. The molecule has 2 fully saturated rings. The summed E-state index contributed by atoms with van der Waals surface area (Å²) in [6.07, 6.45) is 6.10. The number of carbonyl (C=O) groups is 2. The molecule has 0 bridgehead atoms. The summed E-state index contributed by atoms with van der Waals surface area (Å²) in [6, 6.07) is 9.41. The Morgan fingerprint density at radius 3 is 2.54 bits per heavy atom. The fraction of sp³-hybridized carbons (Fsp3) is 0.474. The molecule has 0 N–H and O–H groups in total. The van der Waals surface area contributed by atoms with Gasteiger partial charge in [0.25, 0.3) is 0 Å². The molecule has 2 heterocycles. The number of hydrogen-bond donors (Lipinski definition) is 0. The monoisotopic (exact) mass is 328 g/mol. The molecule has 0 saturated carbocycles. The van der Waals surface area contributed by atoms with E-state index in [1.807, 2.05) is 41.3 Å². The van der Waals surface area contributed by atoms with E-state index in [1.165, 1.54) is 0 Å². The van der Waals surface area contributed by atoms with E-state index in [2.05, 4.69) is 0 Å². The molecule has 2 amide bonds. The van der Waals surface area contributed by atoms with Crippen molar-refractivity contribution in [2.75, 3.05) is 32.8 Å². The second kappa shape index (κ2) is 8.11. The van der Waals surface area contributed by atoms with Gasteiger partial charge in [0.05, 0.1) is 13.2 Å². The van der Waals surface area contributed by atoms with Crippen molar-refractivity contribution < 1.29 is 14.3 Å². The van der Waals surface area contributed by atoms with Gasteiger partial charge in [-0.2, -0.15) is 0 Å². The lowest BCUT2D eigenvalue weighted by Crippen LogP contribution is -2.54. The first-order valence-electron chi connectivity index (χ1n) is 8.66. The Morgan fingerprint density at radius 2 is 1.79 bits per heavy atom. The SMILES string of the molecule is O=C(C1CCCCN1C(=O)C=Cc1ccccc1)N1CCOCC1. The summed E-state index contributed by atoms with van der Waals surface area (Å²) in [5.41, 5.74) is 0.985. The number of hydrogen-bond acceptors (Lipinski definition) is 3. The van der Waals surface area contributed by atoms with E-state index in [0.29, 0.717) is 32.8 Å². The van der Waals surface area contributed by atoms with Gasteiger partial charge in [-0.05, 0) is 30.9 Å². The Balaban J connectivity index is 1.68. The van der Waals surface area contributed by atoms with E-state index in [1.54, 1.807) is 11.0 Å². The fourth-order valence-electron chi connectivity index (χ4n) is 3.27. The first-order chi connectivity index (χ1) is 11.8. The van der Waals surface area contributed by atoms with Gasteiger partial charge in [-0.3, -0.25) is 9.59 Å². The molecular weight excluding hydrogens is 304 g/mol. The van der Waals surface area contributed by atoms with Gasteiger partial charge in [0.2, 0.25) is 11.8 Å². The highest BCUT2D eigenvalue weighted by Crippen LogP contribution is 2.20. The molecule has 0 spiro atoms. The highest BCUT2D eigenvalue weighted by molar-refractivity contribution is 5.95. The number of nitrogens with zero attached hydrogens (tertiary/aromatic N) is 2. The van der Waals surface area contributed by atoms with Gasteiger partial charge >= 0.3 is 0 Å². The standard InChI is InChI=1S/C19H24N2O3/c22-18(10-9-16-6-2-1-3-7-16)21-11-5-4-8-17(21)19(23)20-12-14-24-15-13-20/h1-3,6-7,9-10,17H,4-5,8,11-15H2. The van der Waals surface area contributed by atoms with Crippen LogP contribution in [0.15, 0.2) is 36.4 Å². The minimum Gasteiger partial charge on any atom is -0.378 e. The van der Waals surface area contributed by atoms with E-state index >= 15 is 0 Å². The van der Waals surface area contributed by atoms with Gasteiger partial charge in [-0.15, -0.1) is 0 Å². The van der Waals surface area contributed by atoms with Crippen molar-refractivity contribution in [3.8, 4) is 0 Å². The zero-order valence-corrected chi connectivity index (χ0v) is 13.9. The average molecular weight is 328 g/mol. The fourth-order valence-corrected chi connectivity index (χ4v) is 3.27. The molecule has 2 saturated heterocycles. The zero-order valence-electron chi connectivity index (χ0n) is 13.9. The van der Waals surface area contributed by atoms with Crippen molar-refractivity contribution in [2.24, 2.45) is 0 Å². The van der Waals surface area contributed by atoms with Gasteiger partial charge in [0, 0.05) is 25.7 Å². The van der Waals surface area contributed by atoms with Crippen LogP contribution in [0.4, 0.5) is 0 Å². The van der Waals surface area contributed by atoms with Crippen LogP contribution in [0.25, 0.3) is 6.08 Å². The number of ether oxygens (including phenoxy) is 1. The predicted octanol–water partition coefficient (Wildman–Crippen LogP) is 1.94. The molecule has 5 nitrogen and oxygen atoms in total. The first-order valence-corrected chi connectivity index (χ1v) is 8.66. The molecule has 2 aliphatic rings. The number of rotatable bonds is 3. The molecule has 3 rings (SSSR count). The lowest BCUT2D eigenvalue weighted by Gasteiger charge is -2.38. The van der Waals surface area contributed by atoms with E-state index in [0.717, 1.165) is 24.8 Å². The van der Waals surface area contributed by atoms with Crippen LogP contribution in [0.1, 0.15) is 24.8 Å². The lowest BCUT2D eigenvalue weighted by atomic mass is 10.00. The molecule has 1 aromatic rings. The molecule has 1 unspecified atom stereocenters. The number of likely N-dealkylation sites (tertiary alicyclic amines) is 1. The van der Waals surface area contributed by atoms with Crippen molar-refractivity contribution in [1.82, 2.24) is 9.80 Å². The Kier molecular flexibility index (Phi) is 5.64. The summed E-state index contributed by atoms with van der Waals surface area (Å²) in [6.45, 7) is 3.06. The molecule has 5 heteroatoms. The Morgan fingerprint density at radius 1 is 1.04 bits per heavy atom. The maximum atomic E-state index is 12.8. The highest BCUT2D eigenvalue weighted by atomic mass is 16.5. The van der Waals surface area contributed by atoms with E-state index in [-0.39, 0.29) is 17.9 Å². The van der Waals surface area contributed by atoms with Crippen LogP contribution in [-0.2, 0) is 14.3 Å². The summed E-state index contributed by atoms with van der Waals surface area (Å²) in [7, 11) is 0. The third-order valence-electron chi connectivity index (χ3n) is 4.61. The zero-order chi connectivity index (χ0) is 16.8. The summed E-state index contributed by atoms with van der Waals surface area (Å²) in [4.78, 5) is 29.0. The molecule has 0 aromatic heterocycles. The summed E-state index contributed by atoms with van der Waals surface area (Å²) < 4.78 is 5.31. The van der Waals surface area contributed by atoms with E-state index in [9.17, 15) is 9.59 Å². The lowest BCUT2D eigenvalue weighted by molar-refractivity contribution is -0.148. The van der Waals surface area contributed by atoms with Crippen LogP contribution in [0.2, 0.25) is 0 Å². The van der Waals surface area contributed by atoms with Gasteiger partial charge in [-0.1, -0.05) is 30.3 Å². The average Bonchev–Trinajstić information content (AvgIpc) is 2.67. The molecule has 2 aliphatic heterocycles. The second-order valence-corrected chi connectivity index (χ2v) is 6.22. The second-order valence-electron chi connectivity index (χ2n) is 6.22. The Labute approximate surface area is 142 Å². The van der Waals surface area contributed by atoms with E-state index < -0.39 is 0 Å². The molecular formula is C19H24N2O3. The topological polar surface area (TPSA) is 49.9 Å². The normalized spacial score (nSPS) is 21.9. The van der Waals surface area contributed by atoms with Crippen molar-refractivity contribution in [3.63, 3.8) is 0 Å². The van der Waals surface area contributed by atoms with E-state index in [4.69, 9.17) is 4.74 Å². The third kappa shape index (κ3) is 4.03. The largest absolute Gasteiger partial charge is 0.378 e. The van der Waals surface area contributed by atoms with Gasteiger partial charge in [0.15, 0.2) is 0 Å². The quantitative estimate of drug-likeness (QED) is 0.797. The number of piperidine rings is 1. The van der Waals surface area contributed by atoms with Gasteiger partial charge < -0.3 is 14.5 Å². The highest BCUT2D eigenvalue weighted by Gasteiger charge is 2.34. The van der Waals surface area contributed by atoms with Gasteiger partial charge in [-0.25, -0.2) is 0 Å². The maximum Gasteiger partial charge on any atom is 0.247 e. The Hall–Kier alpha value is -2.14. The predicted molar refractivity (Wildman–Crippen MR) is 92.2 cm³/mol. The molecule has 24 heavy (non-hydrogen) atoms. The third-order valence-corrected chi connectivity index (χ3v) is 4.61. The number of morpholine rings is 1. The van der Waals surface area contributed by atoms with Crippen molar-refractivity contribution >= 4 is 17.9 Å². The summed E-state index contributed by atoms with van der Waals surface area (Å²) in [5.74, 6) is -0.00961. The molecule has 1 aromatic carbocycles. The number of amides is 2. The van der Waals surface area contributed by atoms with Crippen LogP contribution in [0, 0.1) is 0 Å². The van der Waals surface area contributed by atoms with Crippen LogP contribution in [0.5, 0.6) is 0 Å². The van der Waals surface area contributed by atoms with Crippen molar-refractivity contribution in [1.29, 1.82) is 0 Å². The minimum absolute atomic E-state index is 0.0689. The smallest absolute Gasteiger partial charge is 0.247 e. The molecule has 1 atom stereocenters. The van der Waals surface area contributed by atoms with Crippen molar-refractivity contribution in [2.45, 2.75) is 25.3 Å². The number of benzene rings is 1. The summed E-state index contributed by atoms with van der Waals surface area (Å²) >= 11 is 0. The number of carbonyl (C=O) groups excluding carboxylic acids is 2. The van der Waals surface area contributed by atoms with Crippen LogP contribution < -0.4 is 0 Å². The Bertz CT molecular complexity index is 594. The maximum absolute atomic E-state index is 12.8. The summed E-state index contributed by atoms with van der Waals surface area (Å²) in [5, 5.41) is 0. The van der Waals surface area contributed by atoms with Crippen LogP contribution in [0.3, 0.4) is 0 Å². The molecule has 0 radical (unpaired) electrons. The van der Waals surface area contributed by atoms with Crippen LogP contribution in [-0.4, -0.2) is 60.5 Å².